The maximum atomic E-state index is 12.2. The fourth-order valence-electron chi connectivity index (χ4n) is 2.93. The lowest BCUT2D eigenvalue weighted by Gasteiger charge is -2.29. The largest absolute Gasteiger partial charge is 0.462 e. The lowest BCUT2D eigenvalue weighted by Crippen LogP contribution is -2.44. The van der Waals surface area contributed by atoms with E-state index in [9.17, 15) is 9.59 Å². The standard InChI is InChI=1S/C18H23N3O3S/c1-3-24-17(22)16-11-12-10-14(4-5-15(12)25-16)20-18(23)19-13-6-8-21(2)9-7-13/h4-5,10-11,13H,3,6-9H2,1-2H3,(H2,19,20,23). The molecule has 1 aliphatic rings. The van der Waals surface area contributed by atoms with Gasteiger partial charge in [-0.25, -0.2) is 9.59 Å². The van der Waals surface area contributed by atoms with E-state index in [0.717, 1.165) is 36.0 Å². The van der Waals surface area contributed by atoms with E-state index in [1.807, 2.05) is 18.2 Å². The number of carbonyl (C=O) groups is 2. The maximum absolute atomic E-state index is 12.2. The van der Waals surface area contributed by atoms with Crippen molar-refractivity contribution in [2.45, 2.75) is 25.8 Å². The van der Waals surface area contributed by atoms with E-state index < -0.39 is 0 Å². The van der Waals surface area contributed by atoms with Gasteiger partial charge in [0.1, 0.15) is 4.88 Å². The molecule has 1 aliphatic heterocycles. The first-order chi connectivity index (χ1) is 12.0. The van der Waals surface area contributed by atoms with Crippen molar-refractivity contribution in [1.29, 1.82) is 0 Å². The number of hydrogen-bond acceptors (Lipinski definition) is 5. The predicted octanol–water partition coefficient (Wildman–Crippen LogP) is 3.29. The van der Waals surface area contributed by atoms with Gasteiger partial charge in [-0.2, -0.15) is 0 Å². The molecule has 2 heterocycles. The SMILES string of the molecule is CCOC(=O)c1cc2cc(NC(=O)NC3CCN(C)CC3)ccc2s1. The Morgan fingerprint density at radius 2 is 2.04 bits per heavy atom. The van der Waals surface area contributed by atoms with Crippen LogP contribution in [0.15, 0.2) is 24.3 Å². The number of likely N-dealkylation sites (tertiary alicyclic amines) is 1. The Morgan fingerprint density at radius 1 is 1.28 bits per heavy atom. The Labute approximate surface area is 151 Å². The second kappa shape index (κ2) is 7.84. The van der Waals surface area contributed by atoms with Crippen LogP contribution in [0, 0.1) is 0 Å². The van der Waals surface area contributed by atoms with E-state index in [0.29, 0.717) is 17.2 Å². The van der Waals surface area contributed by atoms with Crippen molar-refractivity contribution in [3.05, 3.63) is 29.1 Å². The van der Waals surface area contributed by atoms with Crippen molar-refractivity contribution in [3.63, 3.8) is 0 Å². The molecule has 0 saturated carbocycles. The van der Waals surface area contributed by atoms with Crippen molar-refractivity contribution in [2.24, 2.45) is 0 Å². The summed E-state index contributed by atoms with van der Waals surface area (Å²) in [6, 6.07) is 7.47. The molecule has 1 fully saturated rings. The normalized spacial score (nSPS) is 15.9. The molecule has 1 aromatic carbocycles. The molecular weight excluding hydrogens is 338 g/mol. The minimum absolute atomic E-state index is 0.185. The molecule has 0 unspecified atom stereocenters. The highest BCUT2D eigenvalue weighted by atomic mass is 32.1. The van der Waals surface area contributed by atoms with Crippen LogP contribution >= 0.6 is 11.3 Å². The number of piperidine rings is 1. The van der Waals surface area contributed by atoms with Gasteiger partial charge in [-0.3, -0.25) is 0 Å². The van der Waals surface area contributed by atoms with Crippen LogP contribution in [0.3, 0.4) is 0 Å². The molecule has 6 nitrogen and oxygen atoms in total. The smallest absolute Gasteiger partial charge is 0.348 e. The molecule has 7 heteroatoms. The van der Waals surface area contributed by atoms with Crippen LogP contribution < -0.4 is 10.6 Å². The second-order valence-electron chi connectivity index (χ2n) is 6.26. The molecule has 134 valence electrons. The predicted molar refractivity (Wildman–Crippen MR) is 100 cm³/mol. The molecule has 2 amide bonds. The van der Waals surface area contributed by atoms with Crippen LogP contribution in [0.2, 0.25) is 0 Å². The van der Waals surface area contributed by atoms with E-state index in [2.05, 4.69) is 22.6 Å². The molecule has 0 radical (unpaired) electrons. The summed E-state index contributed by atoms with van der Waals surface area (Å²) in [5, 5.41) is 6.83. The number of nitrogens with one attached hydrogen (secondary N) is 2. The van der Waals surface area contributed by atoms with Crippen molar-refractivity contribution in [1.82, 2.24) is 10.2 Å². The Bertz CT molecular complexity index is 766. The number of rotatable bonds is 4. The average molecular weight is 361 g/mol. The first-order valence-corrected chi connectivity index (χ1v) is 9.33. The zero-order chi connectivity index (χ0) is 17.8. The van der Waals surface area contributed by atoms with Crippen LogP contribution in [0.5, 0.6) is 0 Å². The molecule has 25 heavy (non-hydrogen) atoms. The summed E-state index contributed by atoms with van der Waals surface area (Å²) in [6.07, 6.45) is 1.94. The van der Waals surface area contributed by atoms with Gasteiger partial charge in [0.15, 0.2) is 0 Å². The third kappa shape index (κ3) is 4.49. The van der Waals surface area contributed by atoms with E-state index >= 15 is 0 Å². The van der Waals surface area contributed by atoms with Gasteiger partial charge in [0, 0.05) is 16.4 Å². The Hall–Kier alpha value is -2.12. The number of esters is 1. The van der Waals surface area contributed by atoms with Crippen molar-refractivity contribution in [2.75, 3.05) is 32.1 Å². The topological polar surface area (TPSA) is 70.7 Å². The van der Waals surface area contributed by atoms with Gasteiger partial charge < -0.3 is 20.3 Å². The second-order valence-corrected chi connectivity index (χ2v) is 7.34. The molecule has 2 aromatic rings. The lowest BCUT2D eigenvalue weighted by molar-refractivity contribution is 0.0532. The van der Waals surface area contributed by atoms with Gasteiger partial charge in [0.25, 0.3) is 0 Å². The molecule has 0 bridgehead atoms. The van der Waals surface area contributed by atoms with E-state index in [1.165, 1.54) is 11.3 Å². The Kier molecular flexibility index (Phi) is 5.55. The molecule has 0 aliphatic carbocycles. The number of nitrogens with zero attached hydrogens (tertiary/aromatic N) is 1. The highest BCUT2D eigenvalue weighted by molar-refractivity contribution is 7.20. The minimum atomic E-state index is -0.307. The third-order valence-electron chi connectivity index (χ3n) is 4.30. The van der Waals surface area contributed by atoms with E-state index in [4.69, 9.17) is 4.74 Å². The Balaban J connectivity index is 1.63. The molecule has 3 rings (SSSR count). The minimum Gasteiger partial charge on any atom is -0.462 e. The Morgan fingerprint density at radius 3 is 2.76 bits per heavy atom. The van der Waals surface area contributed by atoms with E-state index in [1.54, 1.807) is 13.0 Å². The van der Waals surface area contributed by atoms with Crippen LogP contribution in [0.1, 0.15) is 29.4 Å². The summed E-state index contributed by atoms with van der Waals surface area (Å²) < 4.78 is 6.02. The van der Waals surface area contributed by atoms with Crippen LogP contribution in [-0.2, 0) is 4.74 Å². The van der Waals surface area contributed by atoms with E-state index in [-0.39, 0.29) is 18.0 Å². The molecule has 2 N–H and O–H groups in total. The van der Waals surface area contributed by atoms with Crippen LogP contribution in [0.4, 0.5) is 10.5 Å². The number of carbonyl (C=O) groups excluding carboxylic acids is 2. The van der Waals surface area contributed by atoms with Crippen molar-refractivity contribution < 1.29 is 14.3 Å². The summed E-state index contributed by atoms with van der Waals surface area (Å²) in [7, 11) is 2.09. The number of fused-ring (bicyclic) bond motifs is 1. The van der Waals surface area contributed by atoms with Crippen molar-refractivity contribution in [3.8, 4) is 0 Å². The first kappa shape index (κ1) is 17.7. The fraction of sp³-hybridized carbons (Fsp3) is 0.444. The molecule has 0 spiro atoms. The molecule has 1 saturated heterocycles. The van der Waals surface area contributed by atoms with Gasteiger partial charge in [-0.05, 0) is 69.6 Å². The van der Waals surface area contributed by atoms with Crippen molar-refractivity contribution >= 4 is 39.1 Å². The van der Waals surface area contributed by atoms with Crippen LogP contribution in [0.25, 0.3) is 10.1 Å². The monoisotopic (exact) mass is 361 g/mol. The summed E-state index contributed by atoms with van der Waals surface area (Å²) in [5.74, 6) is -0.307. The number of hydrogen-bond donors (Lipinski definition) is 2. The zero-order valence-electron chi connectivity index (χ0n) is 14.5. The third-order valence-corrected chi connectivity index (χ3v) is 5.40. The van der Waals surface area contributed by atoms with Gasteiger partial charge in [-0.1, -0.05) is 0 Å². The molecular formula is C18H23N3O3S. The highest BCUT2D eigenvalue weighted by Gasteiger charge is 2.18. The molecule has 1 aromatic heterocycles. The summed E-state index contributed by atoms with van der Waals surface area (Å²) in [6.45, 7) is 4.15. The summed E-state index contributed by atoms with van der Waals surface area (Å²) >= 11 is 1.39. The number of ether oxygens (including phenoxy) is 1. The number of amides is 2. The van der Waals surface area contributed by atoms with Gasteiger partial charge >= 0.3 is 12.0 Å². The zero-order valence-corrected chi connectivity index (χ0v) is 15.3. The summed E-state index contributed by atoms with van der Waals surface area (Å²) in [5.41, 5.74) is 0.714. The highest BCUT2D eigenvalue weighted by Crippen LogP contribution is 2.28. The van der Waals surface area contributed by atoms with Crippen LogP contribution in [-0.4, -0.2) is 49.7 Å². The van der Waals surface area contributed by atoms with Gasteiger partial charge in [-0.15, -0.1) is 11.3 Å². The average Bonchev–Trinajstić information content (AvgIpc) is 3.00. The first-order valence-electron chi connectivity index (χ1n) is 8.52. The summed E-state index contributed by atoms with van der Waals surface area (Å²) in [4.78, 5) is 26.9. The van der Waals surface area contributed by atoms with Gasteiger partial charge in [0.2, 0.25) is 0 Å². The quantitative estimate of drug-likeness (QED) is 0.820. The lowest BCUT2D eigenvalue weighted by atomic mass is 10.1. The number of benzene rings is 1. The molecule has 0 atom stereocenters. The fourth-order valence-corrected chi connectivity index (χ4v) is 3.87. The number of anilines is 1. The maximum Gasteiger partial charge on any atom is 0.348 e. The number of urea groups is 1. The number of thiophene rings is 1. The van der Waals surface area contributed by atoms with Gasteiger partial charge in [0.05, 0.1) is 6.61 Å².